The van der Waals surface area contributed by atoms with Gasteiger partial charge in [-0.2, -0.15) is 0 Å². The number of carbonyl (C=O) groups excluding carboxylic acids is 2. The van der Waals surface area contributed by atoms with Crippen LogP contribution in [0.4, 0.5) is 0 Å². The Hall–Kier alpha value is -1.39. The molecule has 0 aliphatic carbocycles. The van der Waals surface area contributed by atoms with Crippen molar-refractivity contribution in [2.75, 3.05) is 0 Å². The molecule has 0 heterocycles. The van der Waals surface area contributed by atoms with Gasteiger partial charge >= 0.3 is 5.97 Å². The molecule has 0 radical (unpaired) electrons. The van der Waals surface area contributed by atoms with Gasteiger partial charge in [0.15, 0.2) is 0 Å². The number of hydrogen-bond donors (Lipinski definition) is 2. The SMILES string of the molecule is CC(CC(=O)O)NC(=O)C=O. The highest BCUT2D eigenvalue weighted by Crippen LogP contribution is 1.88. The van der Waals surface area contributed by atoms with Gasteiger partial charge in [0.1, 0.15) is 0 Å². The van der Waals surface area contributed by atoms with Crippen molar-refractivity contribution in [1.29, 1.82) is 0 Å². The molecular weight excluding hydrogens is 150 g/mol. The van der Waals surface area contributed by atoms with Crippen LogP contribution in [0.1, 0.15) is 13.3 Å². The second-order valence-corrected chi connectivity index (χ2v) is 2.13. The summed E-state index contributed by atoms with van der Waals surface area (Å²) in [7, 11) is 0. The molecule has 0 fully saturated rings. The Bertz CT molecular complexity index is 177. The van der Waals surface area contributed by atoms with Gasteiger partial charge in [0.05, 0.1) is 6.42 Å². The van der Waals surface area contributed by atoms with E-state index in [4.69, 9.17) is 5.11 Å². The first-order valence-electron chi connectivity index (χ1n) is 3.03. The van der Waals surface area contributed by atoms with Crippen molar-refractivity contribution >= 4 is 18.2 Å². The normalized spacial score (nSPS) is 11.7. The van der Waals surface area contributed by atoms with E-state index in [1.165, 1.54) is 6.92 Å². The monoisotopic (exact) mass is 159 g/mol. The number of aliphatic carboxylic acids is 1. The van der Waals surface area contributed by atoms with E-state index >= 15 is 0 Å². The Morgan fingerprint density at radius 1 is 1.64 bits per heavy atom. The van der Waals surface area contributed by atoms with Crippen LogP contribution >= 0.6 is 0 Å². The van der Waals surface area contributed by atoms with Gasteiger partial charge in [-0.25, -0.2) is 0 Å². The molecule has 0 rings (SSSR count). The average molecular weight is 159 g/mol. The molecule has 5 nitrogen and oxygen atoms in total. The van der Waals surface area contributed by atoms with Gasteiger partial charge in [-0.1, -0.05) is 0 Å². The molecule has 2 N–H and O–H groups in total. The number of nitrogens with one attached hydrogen (secondary N) is 1. The summed E-state index contributed by atoms with van der Waals surface area (Å²) in [5.74, 6) is -1.80. The first-order chi connectivity index (χ1) is 5.06. The number of amides is 1. The van der Waals surface area contributed by atoms with Crippen LogP contribution in [-0.2, 0) is 14.4 Å². The Balaban J connectivity index is 3.68. The fraction of sp³-hybridized carbons (Fsp3) is 0.500. The van der Waals surface area contributed by atoms with Gasteiger partial charge in [0.2, 0.25) is 6.29 Å². The molecule has 0 saturated heterocycles. The summed E-state index contributed by atoms with van der Waals surface area (Å²) in [6.45, 7) is 1.51. The van der Waals surface area contributed by atoms with E-state index < -0.39 is 17.9 Å². The van der Waals surface area contributed by atoms with E-state index in [9.17, 15) is 14.4 Å². The molecule has 0 aromatic heterocycles. The van der Waals surface area contributed by atoms with Crippen molar-refractivity contribution in [3.05, 3.63) is 0 Å². The summed E-state index contributed by atoms with van der Waals surface area (Å²) in [6.07, 6.45) is -0.0715. The highest BCUT2D eigenvalue weighted by molar-refractivity contribution is 6.23. The van der Waals surface area contributed by atoms with Crippen LogP contribution < -0.4 is 5.32 Å². The van der Waals surface area contributed by atoms with Gasteiger partial charge in [0.25, 0.3) is 5.91 Å². The van der Waals surface area contributed by atoms with E-state index in [0.717, 1.165) is 0 Å². The van der Waals surface area contributed by atoms with Crippen molar-refractivity contribution in [3.63, 3.8) is 0 Å². The minimum absolute atomic E-state index is 0.109. The maximum Gasteiger partial charge on any atom is 0.305 e. The third-order valence-corrected chi connectivity index (χ3v) is 0.977. The topological polar surface area (TPSA) is 83.5 Å². The Morgan fingerprint density at radius 3 is 2.55 bits per heavy atom. The second kappa shape index (κ2) is 4.43. The highest BCUT2D eigenvalue weighted by atomic mass is 16.4. The number of hydrogen-bond acceptors (Lipinski definition) is 3. The van der Waals surface area contributed by atoms with Gasteiger partial charge in [-0.3, -0.25) is 14.4 Å². The fourth-order valence-corrected chi connectivity index (χ4v) is 0.590. The van der Waals surface area contributed by atoms with Gasteiger partial charge < -0.3 is 10.4 Å². The molecule has 0 spiro atoms. The Kier molecular flexibility index (Phi) is 3.87. The maximum atomic E-state index is 10.3. The zero-order valence-corrected chi connectivity index (χ0v) is 6.03. The summed E-state index contributed by atoms with van der Waals surface area (Å²) >= 11 is 0. The first kappa shape index (κ1) is 9.61. The molecule has 5 heteroatoms. The molecule has 0 aliphatic rings. The van der Waals surface area contributed by atoms with Gasteiger partial charge in [0, 0.05) is 6.04 Å². The Labute approximate surface area is 63.4 Å². The quantitative estimate of drug-likeness (QED) is 0.414. The molecule has 0 bridgehead atoms. The predicted octanol–water partition coefficient (Wildman–Crippen LogP) is -0.835. The van der Waals surface area contributed by atoms with Crippen molar-refractivity contribution in [2.24, 2.45) is 0 Å². The number of carboxylic acids is 1. The minimum atomic E-state index is -1.01. The van der Waals surface area contributed by atoms with Crippen LogP contribution in [-0.4, -0.2) is 29.3 Å². The second-order valence-electron chi connectivity index (χ2n) is 2.13. The van der Waals surface area contributed by atoms with Crippen LogP contribution in [0, 0.1) is 0 Å². The smallest absolute Gasteiger partial charge is 0.305 e. The molecule has 1 atom stereocenters. The number of carbonyl (C=O) groups is 3. The van der Waals surface area contributed by atoms with E-state index in [0.29, 0.717) is 0 Å². The summed E-state index contributed by atoms with van der Waals surface area (Å²) < 4.78 is 0. The third kappa shape index (κ3) is 5.07. The standard InChI is InChI=1S/C6H9NO4/c1-4(2-6(10)11)7-5(9)3-8/h3-4H,2H2,1H3,(H,7,9)(H,10,11). The molecule has 0 aromatic rings. The summed E-state index contributed by atoms with van der Waals surface area (Å²) in [5.41, 5.74) is 0. The summed E-state index contributed by atoms with van der Waals surface area (Å²) in [5, 5.41) is 10.4. The van der Waals surface area contributed by atoms with Crippen LogP contribution in [0.3, 0.4) is 0 Å². The molecule has 1 unspecified atom stereocenters. The molecule has 0 saturated carbocycles. The zero-order valence-electron chi connectivity index (χ0n) is 6.03. The van der Waals surface area contributed by atoms with E-state index in [1.54, 1.807) is 0 Å². The lowest BCUT2D eigenvalue weighted by Crippen LogP contribution is -2.34. The van der Waals surface area contributed by atoms with E-state index in [2.05, 4.69) is 5.32 Å². The van der Waals surface area contributed by atoms with Crippen molar-refractivity contribution < 1.29 is 19.5 Å². The van der Waals surface area contributed by atoms with E-state index in [-0.39, 0.29) is 12.7 Å². The number of rotatable bonds is 4. The first-order valence-corrected chi connectivity index (χ1v) is 3.03. The van der Waals surface area contributed by atoms with Gasteiger partial charge in [-0.15, -0.1) is 0 Å². The van der Waals surface area contributed by atoms with Crippen LogP contribution in [0.25, 0.3) is 0 Å². The fourth-order valence-electron chi connectivity index (χ4n) is 0.590. The molecular formula is C6H9NO4. The van der Waals surface area contributed by atoms with Crippen molar-refractivity contribution in [2.45, 2.75) is 19.4 Å². The predicted molar refractivity (Wildman–Crippen MR) is 35.9 cm³/mol. The molecule has 0 aromatic carbocycles. The van der Waals surface area contributed by atoms with Crippen LogP contribution in [0.2, 0.25) is 0 Å². The number of aldehydes is 1. The largest absolute Gasteiger partial charge is 0.481 e. The summed E-state index contributed by atoms with van der Waals surface area (Å²) in [6, 6.07) is -0.509. The summed E-state index contributed by atoms with van der Waals surface area (Å²) in [4.78, 5) is 30.1. The molecule has 0 aliphatic heterocycles. The lowest BCUT2D eigenvalue weighted by Gasteiger charge is -2.07. The maximum absolute atomic E-state index is 10.3. The van der Waals surface area contributed by atoms with Crippen molar-refractivity contribution in [1.82, 2.24) is 5.32 Å². The molecule has 1 amide bonds. The van der Waals surface area contributed by atoms with Crippen LogP contribution in [0.15, 0.2) is 0 Å². The van der Waals surface area contributed by atoms with E-state index in [1.807, 2.05) is 0 Å². The lowest BCUT2D eigenvalue weighted by molar-refractivity contribution is -0.138. The highest BCUT2D eigenvalue weighted by Gasteiger charge is 2.09. The molecule has 11 heavy (non-hydrogen) atoms. The lowest BCUT2D eigenvalue weighted by atomic mass is 10.2. The van der Waals surface area contributed by atoms with Crippen LogP contribution in [0.5, 0.6) is 0 Å². The van der Waals surface area contributed by atoms with Crippen molar-refractivity contribution in [3.8, 4) is 0 Å². The Morgan fingerprint density at radius 2 is 2.18 bits per heavy atom. The minimum Gasteiger partial charge on any atom is -0.481 e. The third-order valence-electron chi connectivity index (χ3n) is 0.977. The zero-order chi connectivity index (χ0) is 8.85. The van der Waals surface area contributed by atoms with Gasteiger partial charge in [-0.05, 0) is 6.92 Å². The average Bonchev–Trinajstić information content (AvgIpc) is 1.85. The molecule has 62 valence electrons. The number of carboxylic acid groups (broad SMARTS) is 1.